The van der Waals surface area contributed by atoms with Gasteiger partial charge in [-0.2, -0.15) is 0 Å². The van der Waals surface area contributed by atoms with E-state index in [1.54, 1.807) is 36.4 Å². The Morgan fingerprint density at radius 2 is 1.48 bits per heavy atom. The van der Waals surface area contributed by atoms with Crippen LogP contribution in [0.3, 0.4) is 0 Å². The van der Waals surface area contributed by atoms with Gasteiger partial charge in [0.2, 0.25) is 0 Å². The summed E-state index contributed by atoms with van der Waals surface area (Å²) in [6, 6.07) is 11.2. The van der Waals surface area contributed by atoms with Crippen LogP contribution in [0.15, 0.2) is 55.1 Å². The normalized spacial score (nSPS) is 10.9. The van der Waals surface area contributed by atoms with E-state index in [9.17, 15) is 4.79 Å². The molecule has 0 unspecified atom stereocenters. The quantitative estimate of drug-likeness (QED) is 0.115. The van der Waals surface area contributed by atoms with E-state index in [2.05, 4.69) is 27.4 Å². The van der Waals surface area contributed by atoms with E-state index < -0.39 is 0 Å². The molecular weight excluding hydrogens is 412 g/mol. The molecule has 0 aliphatic heterocycles. The number of allylic oxidation sites excluding steroid dienone is 1. The van der Waals surface area contributed by atoms with Crippen molar-refractivity contribution in [3.05, 3.63) is 71.8 Å². The summed E-state index contributed by atoms with van der Waals surface area (Å²) in [5.41, 5.74) is 2.62. The van der Waals surface area contributed by atoms with Crippen LogP contribution in [0, 0.1) is 0 Å². The Morgan fingerprint density at radius 1 is 0.879 bits per heavy atom. The molecule has 0 N–H and O–H groups in total. The van der Waals surface area contributed by atoms with E-state index in [4.69, 9.17) is 14.2 Å². The molecule has 0 aliphatic carbocycles. The van der Waals surface area contributed by atoms with Crippen LogP contribution in [0.5, 0.6) is 17.2 Å². The molecule has 0 aliphatic rings. The number of carbonyl (C=O) groups excluding carboxylic acids is 1. The standard InChI is InChI=1S/C29H38O4/c1-5-9-19-32-28-21-23(22-29(26(28)11-7-3)33-20-10-6-2)12-17-27(30)24-13-15-25(16-14-24)31-18-8-4/h8,12-17,21-22H,4-7,9-11,18-20H2,1-3H3. The predicted octanol–water partition coefficient (Wildman–Crippen LogP) is 7.46. The SMILES string of the molecule is C=CCOc1ccc(C(=O)C=Cc2cc(OCCCC)c(CCC)c(OCCCC)c2)cc1. The van der Waals surface area contributed by atoms with E-state index in [0.29, 0.717) is 31.1 Å². The summed E-state index contributed by atoms with van der Waals surface area (Å²) in [4.78, 5) is 12.7. The topological polar surface area (TPSA) is 44.8 Å². The fourth-order valence-corrected chi connectivity index (χ4v) is 3.28. The van der Waals surface area contributed by atoms with Gasteiger partial charge in [0.05, 0.1) is 13.2 Å². The third kappa shape index (κ3) is 8.80. The third-order valence-electron chi connectivity index (χ3n) is 5.14. The van der Waals surface area contributed by atoms with Gasteiger partial charge >= 0.3 is 0 Å². The molecule has 4 nitrogen and oxygen atoms in total. The number of carbonyl (C=O) groups is 1. The van der Waals surface area contributed by atoms with Crippen LogP contribution in [0.25, 0.3) is 6.08 Å². The van der Waals surface area contributed by atoms with Crippen LogP contribution in [0.2, 0.25) is 0 Å². The first-order valence-corrected chi connectivity index (χ1v) is 12.1. The molecular formula is C29H38O4. The lowest BCUT2D eigenvalue weighted by Gasteiger charge is -2.17. The van der Waals surface area contributed by atoms with Crippen LogP contribution in [-0.2, 0) is 6.42 Å². The molecule has 2 aromatic carbocycles. The zero-order valence-electron chi connectivity index (χ0n) is 20.4. The summed E-state index contributed by atoms with van der Waals surface area (Å²) < 4.78 is 17.8. The molecule has 2 aromatic rings. The minimum atomic E-state index is -0.0650. The summed E-state index contributed by atoms with van der Waals surface area (Å²) in [7, 11) is 0. The fourth-order valence-electron chi connectivity index (χ4n) is 3.28. The van der Waals surface area contributed by atoms with Gasteiger partial charge in [0.25, 0.3) is 0 Å². The first kappa shape index (κ1) is 26.2. The maximum absolute atomic E-state index is 12.7. The number of rotatable bonds is 16. The Kier molecular flexibility index (Phi) is 11.9. The lowest BCUT2D eigenvalue weighted by molar-refractivity contribution is 0.104. The largest absolute Gasteiger partial charge is 0.493 e. The monoisotopic (exact) mass is 450 g/mol. The molecule has 178 valence electrons. The first-order chi connectivity index (χ1) is 16.1. The Balaban J connectivity index is 2.25. The second-order valence-electron chi connectivity index (χ2n) is 7.97. The maximum Gasteiger partial charge on any atom is 0.185 e. The van der Waals surface area contributed by atoms with Crippen molar-refractivity contribution in [3.63, 3.8) is 0 Å². The summed E-state index contributed by atoms with van der Waals surface area (Å²) in [6.07, 6.45) is 11.2. The van der Waals surface area contributed by atoms with Gasteiger partial charge < -0.3 is 14.2 Å². The molecule has 2 rings (SSSR count). The van der Waals surface area contributed by atoms with E-state index >= 15 is 0 Å². The van der Waals surface area contributed by atoms with Gasteiger partial charge in [-0.3, -0.25) is 4.79 Å². The predicted molar refractivity (Wildman–Crippen MR) is 137 cm³/mol. The minimum absolute atomic E-state index is 0.0650. The van der Waals surface area contributed by atoms with Crippen LogP contribution in [-0.4, -0.2) is 25.6 Å². The summed E-state index contributed by atoms with van der Waals surface area (Å²) in [5.74, 6) is 2.36. The van der Waals surface area contributed by atoms with Crippen molar-refractivity contribution in [1.29, 1.82) is 0 Å². The average molecular weight is 451 g/mol. The van der Waals surface area contributed by atoms with Crippen molar-refractivity contribution < 1.29 is 19.0 Å². The minimum Gasteiger partial charge on any atom is -0.493 e. The van der Waals surface area contributed by atoms with Crippen molar-refractivity contribution in [2.24, 2.45) is 0 Å². The van der Waals surface area contributed by atoms with Gasteiger partial charge in [-0.05, 0) is 67.3 Å². The Bertz CT molecular complexity index is 865. The highest BCUT2D eigenvalue weighted by Gasteiger charge is 2.13. The first-order valence-electron chi connectivity index (χ1n) is 12.1. The van der Waals surface area contributed by atoms with Crippen molar-refractivity contribution in [1.82, 2.24) is 0 Å². The lowest BCUT2D eigenvalue weighted by Crippen LogP contribution is -2.05. The van der Waals surface area contributed by atoms with Crippen molar-refractivity contribution in [2.45, 2.75) is 59.3 Å². The number of ether oxygens (including phenoxy) is 3. The van der Waals surface area contributed by atoms with Crippen LogP contribution in [0.1, 0.15) is 74.4 Å². The van der Waals surface area contributed by atoms with Crippen LogP contribution in [0.4, 0.5) is 0 Å². The second-order valence-corrected chi connectivity index (χ2v) is 7.97. The molecule has 0 saturated carbocycles. The Morgan fingerprint density at radius 3 is 2.00 bits per heavy atom. The van der Waals surface area contributed by atoms with E-state index in [-0.39, 0.29) is 5.78 Å². The van der Waals surface area contributed by atoms with Crippen LogP contribution >= 0.6 is 0 Å². The lowest BCUT2D eigenvalue weighted by atomic mass is 10.0. The third-order valence-corrected chi connectivity index (χ3v) is 5.14. The zero-order chi connectivity index (χ0) is 23.9. The van der Waals surface area contributed by atoms with Gasteiger partial charge in [-0.15, -0.1) is 0 Å². The molecule has 0 saturated heterocycles. The molecule has 0 radical (unpaired) electrons. The second kappa shape index (κ2) is 14.9. The van der Waals surface area contributed by atoms with E-state index in [1.165, 1.54) is 0 Å². The molecule has 0 aromatic heterocycles. The molecule has 0 spiro atoms. The van der Waals surface area contributed by atoms with E-state index in [1.807, 2.05) is 18.2 Å². The van der Waals surface area contributed by atoms with Gasteiger partial charge in [0.15, 0.2) is 5.78 Å². The summed E-state index contributed by atoms with van der Waals surface area (Å²) >= 11 is 0. The molecule has 0 amide bonds. The highest BCUT2D eigenvalue weighted by Crippen LogP contribution is 2.33. The van der Waals surface area contributed by atoms with Crippen molar-refractivity contribution in [3.8, 4) is 17.2 Å². The number of hydrogen-bond donors (Lipinski definition) is 0. The molecule has 33 heavy (non-hydrogen) atoms. The smallest absolute Gasteiger partial charge is 0.185 e. The molecule has 0 bridgehead atoms. The fraction of sp³-hybridized carbons (Fsp3) is 0.414. The summed E-state index contributed by atoms with van der Waals surface area (Å²) in [5, 5.41) is 0. The maximum atomic E-state index is 12.7. The van der Waals surface area contributed by atoms with Gasteiger partial charge in [-0.25, -0.2) is 0 Å². The number of ketones is 1. The van der Waals surface area contributed by atoms with E-state index in [0.717, 1.165) is 61.2 Å². The summed E-state index contributed by atoms with van der Waals surface area (Å²) in [6.45, 7) is 11.9. The van der Waals surface area contributed by atoms with Gasteiger partial charge in [0.1, 0.15) is 23.9 Å². The highest BCUT2D eigenvalue weighted by atomic mass is 16.5. The van der Waals surface area contributed by atoms with Crippen molar-refractivity contribution in [2.75, 3.05) is 19.8 Å². The number of benzene rings is 2. The van der Waals surface area contributed by atoms with Crippen molar-refractivity contribution >= 4 is 11.9 Å². The van der Waals surface area contributed by atoms with Crippen LogP contribution < -0.4 is 14.2 Å². The van der Waals surface area contributed by atoms with Gasteiger partial charge in [0, 0.05) is 11.1 Å². The average Bonchev–Trinajstić information content (AvgIpc) is 2.83. The number of hydrogen-bond acceptors (Lipinski definition) is 4. The highest BCUT2D eigenvalue weighted by molar-refractivity contribution is 6.06. The van der Waals surface area contributed by atoms with Gasteiger partial charge in [-0.1, -0.05) is 58.8 Å². The Labute approximate surface area is 199 Å². The molecule has 0 fully saturated rings. The Hall–Kier alpha value is -3.01. The molecule has 0 heterocycles. The zero-order valence-corrected chi connectivity index (χ0v) is 20.4. The molecule has 4 heteroatoms. The molecule has 0 atom stereocenters. The number of unbranched alkanes of at least 4 members (excludes halogenated alkanes) is 2.